The van der Waals surface area contributed by atoms with Gasteiger partial charge in [0.15, 0.2) is 0 Å². The van der Waals surface area contributed by atoms with Crippen molar-refractivity contribution in [2.24, 2.45) is 0 Å². The van der Waals surface area contributed by atoms with Gasteiger partial charge in [-0.3, -0.25) is 10.1 Å². The highest BCUT2D eigenvalue weighted by atomic mass is 16.6. The average Bonchev–Trinajstić information content (AvgIpc) is 2.59. The normalized spacial score (nSPS) is 14.2. The summed E-state index contributed by atoms with van der Waals surface area (Å²) in [6, 6.07) is -0.856. The smallest absolute Gasteiger partial charge is 0.238 e. The topological polar surface area (TPSA) is 80.4 Å². The summed E-state index contributed by atoms with van der Waals surface area (Å²) >= 11 is 0. The Morgan fingerprint density at radius 3 is 2.28 bits per heavy atom. The largest absolute Gasteiger partial charge is 0.386 e. The zero-order valence-electron chi connectivity index (χ0n) is 15.6. The molecule has 2 unspecified atom stereocenters. The minimum atomic E-state index is -0.904. The molecule has 0 heterocycles. The standard InChI is InChI=1S/C20H35NO4/c1-2-3-13-16-19(21(24)25)20(23)17-14-11-9-7-5-4-6-8-10-12-15-18-22/h5,7,11,14,18-20,23H,2-4,6,8-10,12-13,15-17H2,1H3/b7-5-,14-11-. The number of hydrogen-bond acceptors (Lipinski definition) is 4. The molecule has 1 N–H and O–H groups in total. The van der Waals surface area contributed by atoms with Crippen molar-refractivity contribution in [3.05, 3.63) is 34.4 Å². The molecule has 0 aromatic carbocycles. The molecule has 0 aromatic heterocycles. The van der Waals surface area contributed by atoms with Crippen LogP contribution in [0, 0.1) is 10.1 Å². The monoisotopic (exact) mass is 353 g/mol. The highest BCUT2D eigenvalue weighted by molar-refractivity contribution is 5.48. The first kappa shape index (κ1) is 23.5. The molecule has 0 amide bonds. The third-order valence-corrected chi connectivity index (χ3v) is 4.24. The summed E-state index contributed by atoms with van der Waals surface area (Å²) in [6.45, 7) is 2.06. The van der Waals surface area contributed by atoms with Crippen LogP contribution in [0.2, 0.25) is 0 Å². The van der Waals surface area contributed by atoms with E-state index in [4.69, 9.17) is 0 Å². The number of allylic oxidation sites excluding steroid dienone is 3. The number of carbonyl (C=O) groups is 1. The maximum absolute atomic E-state index is 11.0. The lowest BCUT2D eigenvalue weighted by Gasteiger charge is -2.14. The van der Waals surface area contributed by atoms with Crippen molar-refractivity contribution in [2.75, 3.05) is 0 Å². The molecule has 0 aliphatic carbocycles. The van der Waals surface area contributed by atoms with Crippen LogP contribution in [0.25, 0.3) is 0 Å². The lowest BCUT2D eigenvalue weighted by Crippen LogP contribution is -2.33. The molecule has 0 aromatic rings. The molecule has 0 aliphatic rings. The molecular formula is C20H35NO4. The summed E-state index contributed by atoms with van der Waals surface area (Å²) in [5.41, 5.74) is 0. The molecule has 0 saturated carbocycles. The van der Waals surface area contributed by atoms with Gasteiger partial charge in [0.1, 0.15) is 12.4 Å². The van der Waals surface area contributed by atoms with Crippen molar-refractivity contribution in [3.8, 4) is 0 Å². The van der Waals surface area contributed by atoms with E-state index in [1.165, 1.54) is 0 Å². The van der Waals surface area contributed by atoms with Crippen LogP contribution in [0.4, 0.5) is 0 Å². The Balaban J connectivity index is 3.80. The Bertz CT molecular complexity index is 393. The minimum Gasteiger partial charge on any atom is -0.386 e. The summed E-state index contributed by atoms with van der Waals surface area (Å²) < 4.78 is 0. The van der Waals surface area contributed by atoms with Crippen molar-refractivity contribution >= 4 is 6.29 Å². The maximum atomic E-state index is 11.0. The Hall–Kier alpha value is -1.49. The van der Waals surface area contributed by atoms with Gasteiger partial charge in [0.25, 0.3) is 0 Å². The summed E-state index contributed by atoms with van der Waals surface area (Å²) in [5, 5.41) is 21.1. The Morgan fingerprint density at radius 2 is 1.64 bits per heavy atom. The predicted molar refractivity (Wildman–Crippen MR) is 102 cm³/mol. The van der Waals surface area contributed by atoms with Crippen LogP contribution in [-0.2, 0) is 4.79 Å². The number of aliphatic hydroxyl groups is 1. The molecule has 0 fully saturated rings. The Morgan fingerprint density at radius 1 is 0.960 bits per heavy atom. The van der Waals surface area contributed by atoms with Crippen molar-refractivity contribution in [1.29, 1.82) is 0 Å². The second kappa shape index (κ2) is 17.3. The minimum absolute atomic E-state index is 0.336. The van der Waals surface area contributed by atoms with E-state index < -0.39 is 12.1 Å². The van der Waals surface area contributed by atoms with E-state index in [1.807, 2.05) is 12.2 Å². The highest BCUT2D eigenvalue weighted by Crippen LogP contribution is 2.13. The molecule has 5 nitrogen and oxygen atoms in total. The molecule has 0 radical (unpaired) electrons. The van der Waals surface area contributed by atoms with Gasteiger partial charge in [0.2, 0.25) is 6.04 Å². The number of hydrogen-bond donors (Lipinski definition) is 1. The van der Waals surface area contributed by atoms with Crippen LogP contribution in [0.5, 0.6) is 0 Å². The van der Waals surface area contributed by atoms with Crippen molar-refractivity contribution in [3.63, 3.8) is 0 Å². The van der Waals surface area contributed by atoms with Gasteiger partial charge >= 0.3 is 0 Å². The van der Waals surface area contributed by atoms with Gasteiger partial charge in [0, 0.05) is 17.8 Å². The fourth-order valence-electron chi connectivity index (χ4n) is 2.67. The molecule has 0 saturated heterocycles. The third-order valence-electron chi connectivity index (χ3n) is 4.24. The molecule has 5 heteroatoms. The maximum Gasteiger partial charge on any atom is 0.238 e. The molecule has 25 heavy (non-hydrogen) atoms. The number of unbranched alkanes of at least 4 members (excludes halogenated alkanes) is 7. The second-order valence-electron chi connectivity index (χ2n) is 6.49. The second-order valence-corrected chi connectivity index (χ2v) is 6.49. The van der Waals surface area contributed by atoms with E-state index in [9.17, 15) is 20.0 Å². The van der Waals surface area contributed by atoms with Gasteiger partial charge in [-0.2, -0.15) is 0 Å². The summed E-state index contributed by atoms with van der Waals surface area (Å²) in [4.78, 5) is 20.9. The Labute approximate surface area is 152 Å². The summed E-state index contributed by atoms with van der Waals surface area (Å²) in [7, 11) is 0. The number of carbonyl (C=O) groups excluding carboxylic acids is 1. The predicted octanol–water partition coefficient (Wildman–Crippen LogP) is 5.01. The van der Waals surface area contributed by atoms with Crippen molar-refractivity contribution < 1.29 is 14.8 Å². The third kappa shape index (κ3) is 14.6. The first-order valence-electron chi connectivity index (χ1n) is 9.68. The van der Waals surface area contributed by atoms with Crippen LogP contribution in [0.3, 0.4) is 0 Å². The van der Waals surface area contributed by atoms with Gasteiger partial charge < -0.3 is 9.90 Å². The fraction of sp³-hybridized carbons (Fsp3) is 0.750. The Kier molecular flexibility index (Phi) is 16.3. The van der Waals surface area contributed by atoms with E-state index in [-0.39, 0.29) is 4.92 Å². The van der Waals surface area contributed by atoms with Gasteiger partial charge in [-0.05, 0) is 38.5 Å². The van der Waals surface area contributed by atoms with Gasteiger partial charge in [-0.15, -0.1) is 0 Å². The fourth-order valence-corrected chi connectivity index (χ4v) is 2.67. The van der Waals surface area contributed by atoms with Gasteiger partial charge in [-0.1, -0.05) is 56.9 Å². The lowest BCUT2D eigenvalue weighted by atomic mass is 10.0. The lowest BCUT2D eigenvalue weighted by molar-refractivity contribution is -0.535. The van der Waals surface area contributed by atoms with Crippen molar-refractivity contribution in [1.82, 2.24) is 0 Å². The number of aliphatic hydroxyl groups excluding tert-OH is 1. The molecule has 144 valence electrons. The van der Waals surface area contributed by atoms with Crippen LogP contribution in [0.1, 0.15) is 84.0 Å². The average molecular weight is 354 g/mol. The molecule has 2 atom stereocenters. The number of nitrogens with zero attached hydrogens (tertiary/aromatic N) is 1. The van der Waals surface area contributed by atoms with E-state index in [2.05, 4.69) is 19.1 Å². The molecule has 0 bridgehead atoms. The zero-order chi connectivity index (χ0) is 18.8. The van der Waals surface area contributed by atoms with E-state index >= 15 is 0 Å². The molecule has 0 aliphatic heterocycles. The number of nitro groups is 1. The van der Waals surface area contributed by atoms with E-state index in [0.29, 0.717) is 19.3 Å². The highest BCUT2D eigenvalue weighted by Gasteiger charge is 2.27. The van der Waals surface area contributed by atoms with Gasteiger partial charge in [0.05, 0.1) is 0 Å². The molecule has 0 rings (SSSR count). The summed E-state index contributed by atoms with van der Waals surface area (Å²) in [5.74, 6) is 0. The first-order valence-corrected chi connectivity index (χ1v) is 9.68. The first-order chi connectivity index (χ1) is 12.1. The summed E-state index contributed by atoms with van der Waals surface area (Å²) in [6.07, 6.45) is 18.5. The van der Waals surface area contributed by atoms with Crippen LogP contribution in [-0.4, -0.2) is 28.5 Å². The van der Waals surface area contributed by atoms with Crippen LogP contribution >= 0.6 is 0 Å². The SMILES string of the molecule is CCCCCC(C(O)C/C=C\C/C=C\CCCCCCC=O)[N+](=O)[O-]. The van der Waals surface area contributed by atoms with E-state index in [1.54, 1.807) is 0 Å². The quantitative estimate of drug-likeness (QED) is 0.131. The number of rotatable bonds is 17. The molecule has 0 spiro atoms. The van der Waals surface area contributed by atoms with Crippen LogP contribution < -0.4 is 0 Å². The van der Waals surface area contributed by atoms with Crippen molar-refractivity contribution in [2.45, 2.75) is 96.1 Å². The van der Waals surface area contributed by atoms with E-state index in [0.717, 1.165) is 64.1 Å². The van der Waals surface area contributed by atoms with Crippen LogP contribution in [0.15, 0.2) is 24.3 Å². The van der Waals surface area contributed by atoms with Gasteiger partial charge in [-0.25, -0.2) is 0 Å². The number of aldehydes is 1. The zero-order valence-corrected chi connectivity index (χ0v) is 15.6. The molecular weight excluding hydrogens is 318 g/mol.